The number of methoxy groups -OCH3 is 1. The van der Waals surface area contributed by atoms with Crippen molar-refractivity contribution in [3.8, 4) is 17.2 Å². The second kappa shape index (κ2) is 10.7. The highest BCUT2D eigenvalue weighted by Crippen LogP contribution is 2.31. The van der Waals surface area contributed by atoms with Gasteiger partial charge >= 0.3 is 6.18 Å². The van der Waals surface area contributed by atoms with E-state index in [2.05, 4.69) is 10.1 Å². The third-order valence-electron chi connectivity index (χ3n) is 4.31. The van der Waals surface area contributed by atoms with Gasteiger partial charge in [0, 0.05) is 6.07 Å². The van der Waals surface area contributed by atoms with Crippen molar-refractivity contribution in [2.45, 2.75) is 32.5 Å². The zero-order valence-corrected chi connectivity index (χ0v) is 17.7. The van der Waals surface area contributed by atoms with E-state index in [1.807, 2.05) is 6.92 Å². The van der Waals surface area contributed by atoms with Crippen LogP contribution in [0.15, 0.2) is 36.4 Å². The van der Waals surface area contributed by atoms with Crippen LogP contribution in [0, 0.1) is 10.1 Å². The minimum atomic E-state index is -4.59. The van der Waals surface area contributed by atoms with Crippen molar-refractivity contribution in [2.24, 2.45) is 0 Å². The monoisotopic (exact) mass is 456 g/mol. The van der Waals surface area contributed by atoms with E-state index in [1.54, 1.807) is 25.1 Å². The molecule has 0 aliphatic carbocycles. The van der Waals surface area contributed by atoms with E-state index in [1.165, 1.54) is 7.11 Å². The molecule has 2 aromatic rings. The first-order valence-corrected chi connectivity index (χ1v) is 9.65. The Morgan fingerprint density at radius 1 is 1.16 bits per heavy atom. The zero-order chi connectivity index (χ0) is 23.9. The van der Waals surface area contributed by atoms with Crippen molar-refractivity contribution in [3.05, 3.63) is 57.6 Å². The van der Waals surface area contributed by atoms with Crippen LogP contribution in [0.1, 0.15) is 42.2 Å². The smallest absolute Gasteiger partial charge is 0.422 e. The van der Waals surface area contributed by atoms with Gasteiger partial charge in [-0.2, -0.15) is 13.2 Å². The summed E-state index contributed by atoms with van der Waals surface area (Å²) in [6.45, 7) is 2.52. The summed E-state index contributed by atoms with van der Waals surface area (Å²) in [6.07, 6.45) is -3.79. The third kappa shape index (κ3) is 6.76. The molecule has 0 radical (unpaired) electrons. The standard InChI is InChI=1S/C21H23F3N2O6/c1-4-9-31-18-8-5-14(10-19(18)30-3)13(2)25-20(27)16-11-15(32-12-21(22,23)24)6-7-17(16)26(28)29/h5-8,10-11,13H,4,9,12H2,1-3H3,(H,25,27). The lowest BCUT2D eigenvalue weighted by molar-refractivity contribution is -0.385. The molecule has 0 saturated carbocycles. The first kappa shape index (κ1) is 24.8. The maximum atomic E-state index is 12.7. The van der Waals surface area contributed by atoms with E-state index in [-0.39, 0.29) is 5.75 Å². The molecule has 0 aliphatic heterocycles. The van der Waals surface area contributed by atoms with Crippen LogP contribution >= 0.6 is 0 Å². The lowest BCUT2D eigenvalue weighted by Gasteiger charge is -2.17. The molecular weight excluding hydrogens is 433 g/mol. The largest absolute Gasteiger partial charge is 0.493 e. The highest BCUT2D eigenvalue weighted by Gasteiger charge is 2.29. The Balaban J connectivity index is 2.24. The minimum Gasteiger partial charge on any atom is -0.493 e. The summed E-state index contributed by atoms with van der Waals surface area (Å²) in [7, 11) is 1.47. The Kier molecular flexibility index (Phi) is 8.27. The second-order valence-electron chi connectivity index (χ2n) is 6.79. The Hall–Kier alpha value is -3.50. The molecule has 32 heavy (non-hydrogen) atoms. The molecule has 0 saturated heterocycles. The third-order valence-corrected chi connectivity index (χ3v) is 4.31. The Morgan fingerprint density at radius 3 is 2.47 bits per heavy atom. The van der Waals surface area contributed by atoms with Gasteiger partial charge < -0.3 is 19.5 Å². The number of nitro benzene ring substituents is 1. The molecule has 0 spiro atoms. The quantitative estimate of drug-likeness (QED) is 0.406. The molecule has 1 amide bonds. The van der Waals surface area contributed by atoms with E-state index in [4.69, 9.17) is 9.47 Å². The Morgan fingerprint density at radius 2 is 1.88 bits per heavy atom. The summed E-state index contributed by atoms with van der Waals surface area (Å²) in [5.41, 5.74) is -0.350. The fourth-order valence-electron chi connectivity index (χ4n) is 2.75. The molecule has 2 aromatic carbocycles. The molecule has 1 N–H and O–H groups in total. The highest BCUT2D eigenvalue weighted by atomic mass is 19.4. The number of hydrogen-bond donors (Lipinski definition) is 1. The first-order chi connectivity index (χ1) is 15.1. The number of halogens is 3. The van der Waals surface area contributed by atoms with Crippen LogP contribution in [0.5, 0.6) is 17.2 Å². The van der Waals surface area contributed by atoms with Crippen molar-refractivity contribution in [3.63, 3.8) is 0 Å². The van der Waals surface area contributed by atoms with Crippen molar-refractivity contribution in [1.29, 1.82) is 0 Å². The number of alkyl halides is 3. The molecule has 8 nitrogen and oxygen atoms in total. The number of hydrogen-bond acceptors (Lipinski definition) is 6. The Labute approximate surface area is 182 Å². The number of ether oxygens (including phenoxy) is 3. The number of carbonyl (C=O) groups is 1. The van der Waals surface area contributed by atoms with Crippen LogP contribution in [0.4, 0.5) is 18.9 Å². The van der Waals surface area contributed by atoms with Gasteiger partial charge in [0.15, 0.2) is 18.1 Å². The van der Waals surface area contributed by atoms with Crippen LogP contribution in [-0.2, 0) is 0 Å². The summed E-state index contributed by atoms with van der Waals surface area (Å²) in [4.78, 5) is 23.2. The molecular formula is C21H23F3N2O6. The molecule has 1 atom stereocenters. The van der Waals surface area contributed by atoms with E-state index >= 15 is 0 Å². The van der Waals surface area contributed by atoms with Gasteiger partial charge in [-0.3, -0.25) is 14.9 Å². The van der Waals surface area contributed by atoms with E-state index in [0.29, 0.717) is 23.7 Å². The number of nitro groups is 1. The van der Waals surface area contributed by atoms with E-state index in [9.17, 15) is 28.1 Å². The summed E-state index contributed by atoms with van der Waals surface area (Å²) < 4.78 is 52.7. The summed E-state index contributed by atoms with van der Waals surface area (Å²) >= 11 is 0. The highest BCUT2D eigenvalue weighted by molar-refractivity contribution is 5.98. The average molecular weight is 456 g/mol. The minimum absolute atomic E-state index is 0.315. The van der Waals surface area contributed by atoms with Gasteiger partial charge in [0.2, 0.25) is 0 Å². The van der Waals surface area contributed by atoms with Gasteiger partial charge in [-0.05, 0) is 43.2 Å². The van der Waals surface area contributed by atoms with Crippen LogP contribution in [0.25, 0.3) is 0 Å². The molecule has 0 fully saturated rings. The molecule has 1 unspecified atom stereocenters. The zero-order valence-electron chi connectivity index (χ0n) is 17.7. The molecule has 0 bridgehead atoms. The van der Waals surface area contributed by atoms with Crippen LogP contribution in [0.2, 0.25) is 0 Å². The summed E-state index contributed by atoms with van der Waals surface area (Å²) in [5, 5.41) is 13.9. The van der Waals surface area contributed by atoms with E-state index in [0.717, 1.165) is 24.6 Å². The normalized spacial score (nSPS) is 12.1. The molecule has 0 heterocycles. The van der Waals surface area contributed by atoms with Gasteiger partial charge in [-0.15, -0.1) is 0 Å². The lowest BCUT2D eigenvalue weighted by atomic mass is 10.1. The average Bonchev–Trinajstić information content (AvgIpc) is 2.75. The topological polar surface area (TPSA) is 99.9 Å². The predicted molar refractivity (Wildman–Crippen MR) is 109 cm³/mol. The van der Waals surface area contributed by atoms with Crippen molar-refractivity contribution in [1.82, 2.24) is 5.32 Å². The fourth-order valence-corrected chi connectivity index (χ4v) is 2.75. The number of amides is 1. The van der Waals surface area contributed by atoms with Crippen molar-refractivity contribution < 1.29 is 37.1 Å². The number of carbonyl (C=O) groups excluding carboxylic acids is 1. The lowest BCUT2D eigenvalue weighted by Crippen LogP contribution is -2.27. The number of nitrogens with one attached hydrogen (secondary N) is 1. The van der Waals surface area contributed by atoms with Gasteiger partial charge in [-0.25, -0.2) is 0 Å². The maximum absolute atomic E-state index is 12.7. The first-order valence-electron chi connectivity index (χ1n) is 9.65. The molecule has 0 aromatic heterocycles. The Bertz CT molecular complexity index is 965. The summed E-state index contributed by atoms with van der Waals surface area (Å²) in [5.74, 6) is -0.177. The van der Waals surface area contributed by atoms with Gasteiger partial charge in [0.25, 0.3) is 11.6 Å². The molecule has 174 valence electrons. The van der Waals surface area contributed by atoms with E-state index < -0.39 is 40.9 Å². The molecule has 0 aliphatic rings. The molecule has 11 heteroatoms. The fraction of sp³-hybridized carbons (Fsp3) is 0.381. The summed E-state index contributed by atoms with van der Waals surface area (Å²) in [6, 6.07) is 7.28. The van der Waals surface area contributed by atoms with Crippen molar-refractivity contribution in [2.75, 3.05) is 20.3 Å². The van der Waals surface area contributed by atoms with Gasteiger partial charge in [0.1, 0.15) is 11.3 Å². The number of nitrogens with zero attached hydrogens (tertiary/aromatic N) is 1. The SMILES string of the molecule is CCCOc1ccc(C(C)NC(=O)c2cc(OCC(F)(F)F)ccc2[N+](=O)[O-])cc1OC. The van der Waals surface area contributed by atoms with Crippen molar-refractivity contribution >= 4 is 11.6 Å². The molecule has 2 rings (SSSR count). The van der Waals surface area contributed by atoms with Gasteiger partial charge in [-0.1, -0.05) is 13.0 Å². The number of rotatable bonds is 10. The maximum Gasteiger partial charge on any atom is 0.422 e. The predicted octanol–water partition coefficient (Wildman–Crippen LogP) is 4.82. The van der Waals surface area contributed by atoms with Crippen LogP contribution < -0.4 is 19.5 Å². The number of benzene rings is 2. The van der Waals surface area contributed by atoms with Gasteiger partial charge in [0.05, 0.1) is 24.7 Å². The second-order valence-corrected chi connectivity index (χ2v) is 6.79. The van der Waals surface area contributed by atoms with Crippen LogP contribution in [-0.4, -0.2) is 37.3 Å². The van der Waals surface area contributed by atoms with Crippen LogP contribution in [0.3, 0.4) is 0 Å².